The molecule has 0 saturated carbocycles. The second-order valence-electron chi connectivity index (χ2n) is 4.75. The number of nitrogens with one attached hydrogen (secondary N) is 2. The summed E-state index contributed by atoms with van der Waals surface area (Å²) in [6, 6.07) is 2.24. The van der Waals surface area contributed by atoms with Crippen LogP contribution in [0.3, 0.4) is 0 Å². The van der Waals surface area contributed by atoms with Gasteiger partial charge in [0.15, 0.2) is 0 Å². The summed E-state index contributed by atoms with van der Waals surface area (Å²) < 4.78 is 13.0. The topological polar surface area (TPSA) is 84.3 Å². The van der Waals surface area contributed by atoms with Crippen molar-refractivity contribution in [3.63, 3.8) is 0 Å². The lowest BCUT2D eigenvalue weighted by molar-refractivity contribution is -0.384. The van der Waals surface area contributed by atoms with E-state index in [1.807, 2.05) is 0 Å². The van der Waals surface area contributed by atoms with Gasteiger partial charge in [-0.05, 0) is 26.8 Å². The van der Waals surface area contributed by atoms with E-state index in [9.17, 15) is 19.3 Å². The third-order valence-corrected chi connectivity index (χ3v) is 1.89. The van der Waals surface area contributed by atoms with Crippen LogP contribution in [0.1, 0.15) is 20.8 Å². The van der Waals surface area contributed by atoms with Crippen LogP contribution in [0, 0.1) is 15.9 Å². The van der Waals surface area contributed by atoms with E-state index in [2.05, 4.69) is 10.6 Å². The van der Waals surface area contributed by atoms with Crippen molar-refractivity contribution < 1.29 is 14.1 Å². The molecule has 0 aromatic heterocycles. The first-order valence-electron chi connectivity index (χ1n) is 5.22. The maximum Gasteiger partial charge on any atom is 0.319 e. The van der Waals surface area contributed by atoms with Crippen molar-refractivity contribution in [1.29, 1.82) is 0 Å². The van der Waals surface area contributed by atoms with Gasteiger partial charge in [0.2, 0.25) is 0 Å². The largest absolute Gasteiger partial charge is 0.333 e. The molecule has 18 heavy (non-hydrogen) atoms. The average molecular weight is 255 g/mol. The van der Waals surface area contributed by atoms with Crippen molar-refractivity contribution >= 4 is 17.4 Å². The molecule has 0 unspecified atom stereocenters. The van der Waals surface area contributed by atoms with E-state index in [1.54, 1.807) is 20.8 Å². The van der Waals surface area contributed by atoms with E-state index in [1.165, 1.54) is 0 Å². The Morgan fingerprint density at radius 3 is 2.50 bits per heavy atom. The number of anilines is 1. The Morgan fingerprint density at radius 2 is 2.00 bits per heavy atom. The second kappa shape index (κ2) is 4.99. The molecule has 0 aliphatic heterocycles. The number of nitrogens with zero attached hydrogens (tertiary/aromatic N) is 1. The predicted octanol–water partition coefficient (Wildman–Crippen LogP) is 2.65. The number of halogens is 1. The van der Waals surface area contributed by atoms with E-state index >= 15 is 0 Å². The van der Waals surface area contributed by atoms with Crippen molar-refractivity contribution in [1.82, 2.24) is 5.32 Å². The van der Waals surface area contributed by atoms with Gasteiger partial charge in [0.1, 0.15) is 11.5 Å². The quantitative estimate of drug-likeness (QED) is 0.629. The summed E-state index contributed by atoms with van der Waals surface area (Å²) in [4.78, 5) is 21.6. The molecular weight excluding hydrogens is 241 g/mol. The fourth-order valence-corrected chi connectivity index (χ4v) is 1.26. The Hall–Kier alpha value is -2.18. The van der Waals surface area contributed by atoms with Gasteiger partial charge in [0, 0.05) is 17.7 Å². The Labute approximate surface area is 103 Å². The molecule has 0 saturated heterocycles. The molecule has 0 fully saturated rings. The zero-order valence-corrected chi connectivity index (χ0v) is 10.3. The van der Waals surface area contributed by atoms with Crippen LogP contribution in [0.15, 0.2) is 18.2 Å². The highest BCUT2D eigenvalue weighted by atomic mass is 19.1. The van der Waals surface area contributed by atoms with Gasteiger partial charge in [-0.25, -0.2) is 9.18 Å². The van der Waals surface area contributed by atoms with E-state index in [0.29, 0.717) is 0 Å². The van der Waals surface area contributed by atoms with Crippen LogP contribution in [-0.2, 0) is 0 Å². The SMILES string of the molecule is CC(C)(C)NC(=O)Nc1cc(F)ccc1[N+](=O)[O-]. The Balaban J connectivity index is 2.93. The van der Waals surface area contributed by atoms with Crippen LogP contribution in [0.2, 0.25) is 0 Å². The molecule has 1 aromatic carbocycles. The molecule has 0 heterocycles. The number of carbonyl (C=O) groups is 1. The lowest BCUT2D eigenvalue weighted by Gasteiger charge is -2.20. The number of nitro groups is 1. The molecule has 1 aromatic rings. The highest BCUT2D eigenvalue weighted by molar-refractivity contribution is 5.92. The number of amides is 2. The first-order valence-corrected chi connectivity index (χ1v) is 5.22. The number of rotatable bonds is 2. The molecule has 0 atom stereocenters. The molecule has 1 rings (SSSR count). The number of carbonyl (C=O) groups excluding carboxylic acids is 1. The molecule has 0 radical (unpaired) electrons. The molecule has 2 amide bonds. The first-order chi connectivity index (χ1) is 8.19. The fourth-order valence-electron chi connectivity index (χ4n) is 1.26. The number of hydrogen-bond acceptors (Lipinski definition) is 3. The fraction of sp³-hybridized carbons (Fsp3) is 0.364. The smallest absolute Gasteiger partial charge is 0.319 e. The number of urea groups is 1. The van der Waals surface area contributed by atoms with Gasteiger partial charge in [0.25, 0.3) is 5.69 Å². The first kappa shape index (κ1) is 13.9. The maximum atomic E-state index is 13.0. The number of hydrogen-bond donors (Lipinski definition) is 2. The van der Waals surface area contributed by atoms with Gasteiger partial charge in [-0.3, -0.25) is 10.1 Å². The molecule has 98 valence electrons. The summed E-state index contributed by atoms with van der Waals surface area (Å²) in [5, 5.41) is 15.5. The number of nitro benzene ring substituents is 1. The number of benzene rings is 1. The highest BCUT2D eigenvalue weighted by Gasteiger charge is 2.19. The third kappa shape index (κ3) is 4.00. The summed E-state index contributed by atoms with van der Waals surface area (Å²) >= 11 is 0. The molecule has 0 aliphatic rings. The van der Waals surface area contributed by atoms with Gasteiger partial charge in [-0.2, -0.15) is 0 Å². The minimum absolute atomic E-state index is 0.179. The van der Waals surface area contributed by atoms with Crippen molar-refractivity contribution in [3.05, 3.63) is 34.1 Å². The molecular formula is C11H14FN3O3. The van der Waals surface area contributed by atoms with Gasteiger partial charge in [-0.15, -0.1) is 0 Å². The highest BCUT2D eigenvalue weighted by Crippen LogP contribution is 2.24. The van der Waals surface area contributed by atoms with E-state index in [-0.39, 0.29) is 11.4 Å². The van der Waals surface area contributed by atoms with E-state index < -0.39 is 22.3 Å². The van der Waals surface area contributed by atoms with Crippen LogP contribution in [0.4, 0.5) is 20.6 Å². The molecule has 0 bridgehead atoms. The van der Waals surface area contributed by atoms with Gasteiger partial charge < -0.3 is 10.6 Å². The standard InChI is InChI=1S/C11H14FN3O3/c1-11(2,3)14-10(16)13-8-6-7(12)4-5-9(8)15(17)18/h4-6H,1-3H3,(H2,13,14,16). The Bertz CT molecular complexity index is 483. The van der Waals surface area contributed by atoms with Crippen molar-refractivity contribution in [2.24, 2.45) is 0 Å². The van der Waals surface area contributed by atoms with E-state index in [4.69, 9.17) is 0 Å². The molecule has 2 N–H and O–H groups in total. The zero-order chi connectivity index (χ0) is 13.9. The lowest BCUT2D eigenvalue weighted by Crippen LogP contribution is -2.43. The Kier molecular flexibility index (Phi) is 3.85. The predicted molar refractivity (Wildman–Crippen MR) is 65.0 cm³/mol. The van der Waals surface area contributed by atoms with Crippen molar-refractivity contribution in [2.45, 2.75) is 26.3 Å². The normalized spacial score (nSPS) is 10.9. The monoisotopic (exact) mass is 255 g/mol. The second-order valence-corrected chi connectivity index (χ2v) is 4.75. The van der Waals surface area contributed by atoms with E-state index in [0.717, 1.165) is 18.2 Å². The van der Waals surface area contributed by atoms with Gasteiger partial charge >= 0.3 is 6.03 Å². The summed E-state index contributed by atoms with van der Waals surface area (Å²) in [5.41, 5.74) is -1.03. The van der Waals surface area contributed by atoms with Crippen LogP contribution in [0.25, 0.3) is 0 Å². The third-order valence-electron chi connectivity index (χ3n) is 1.89. The maximum absolute atomic E-state index is 13.0. The molecule has 0 aliphatic carbocycles. The summed E-state index contributed by atoms with van der Waals surface area (Å²) in [7, 11) is 0. The van der Waals surface area contributed by atoms with Crippen LogP contribution in [0.5, 0.6) is 0 Å². The minimum Gasteiger partial charge on any atom is -0.333 e. The summed E-state index contributed by atoms with van der Waals surface area (Å²) in [6.45, 7) is 5.27. The van der Waals surface area contributed by atoms with Gasteiger partial charge in [0.05, 0.1) is 4.92 Å². The zero-order valence-electron chi connectivity index (χ0n) is 10.3. The van der Waals surface area contributed by atoms with Crippen LogP contribution in [-0.4, -0.2) is 16.5 Å². The average Bonchev–Trinajstić information content (AvgIpc) is 2.13. The summed E-state index contributed by atoms with van der Waals surface area (Å²) in [6.07, 6.45) is 0. The minimum atomic E-state index is -0.688. The molecule has 7 heteroatoms. The van der Waals surface area contributed by atoms with Crippen molar-refractivity contribution in [3.8, 4) is 0 Å². The van der Waals surface area contributed by atoms with Crippen molar-refractivity contribution in [2.75, 3.05) is 5.32 Å². The van der Waals surface area contributed by atoms with Crippen LogP contribution < -0.4 is 10.6 Å². The Morgan fingerprint density at radius 1 is 1.39 bits per heavy atom. The lowest BCUT2D eigenvalue weighted by atomic mass is 10.1. The van der Waals surface area contributed by atoms with Crippen LogP contribution >= 0.6 is 0 Å². The summed E-state index contributed by atoms with van der Waals surface area (Å²) in [5.74, 6) is -0.661. The molecule has 0 spiro atoms. The molecule has 6 nitrogen and oxygen atoms in total. The van der Waals surface area contributed by atoms with Gasteiger partial charge in [-0.1, -0.05) is 0 Å².